The topological polar surface area (TPSA) is 52.8 Å². The van der Waals surface area contributed by atoms with Gasteiger partial charge in [-0.3, -0.25) is 0 Å². The predicted molar refractivity (Wildman–Crippen MR) is 92.7 cm³/mol. The first-order valence-corrected chi connectivity index (χ1v) is 8.82. The van der Waals surface area contributed by atoms with Crippen molar-refractivity contribution in [2.75, 3.05) is 12.4 Å². The Labute approximate surface area is 138 Å². The molecule has 118 valence electrons. The maximum atomic E-state index is 5.66. The number of aromatic nitrogens is 4. The zero-order valence-electron chi connectivity index (χ0n) is 12.8. The van der Waals surface area contributed by atoms with Gasteiger partial charge in [-0.25, -0.2) is 4.98 Å². The molecule has 1 aromatic carbocycles. The molecule has 1 aliphatic heterocycles. The number of hydrogen-bond donors (Lipinski definition) is 0. The molecule has 0 saturated carbocycles. The highest BCUT2D eigenvalue weighted by atomic mass is 32.2. The van der Waals surface area contributed by atoms with Gasteiger partial charge in [-0.15, -0.1) is 16.8 Å². The zero-order chi connectivity index (χ0) is 15.6. The highest BCUT2D eigenvalue weighted by Crippen LogP contribution is 2.28. The van der Waals surface area contributed by atoms with Crippen LogP contribution in [0.5, 0.6) is 0 Å². The van der Waals surface area contributed by atoms with E-state index in [0.717, 1.165) is 47.3 Å². The molecule has 6 heteroatoms. The predicted octanol–water partition coefficient (Wildman–Crippen LogP) is 3.44. The molecule has 0 aliphatic carbocycles. The molecule has 0 N–H and O–H groups in total. The van der Waals surface area contributed by atoms with Gasteiger partial charge in [0.05, 0.1) is 11.6 Å². The molecule has 0 bridgehead atoms. The van der Waals surface area contributed by atoms with E-state index >= 15 is 0 Å². The van der Waals surface area contributed by atoms with Crippen molar-refractivity contribution in [3.8, 4) is 0 Å². The average molecular weight is 326 g/mol. The second-order valence-corrected chi connectivity index (χ2v) is 6.62. The van der Waals surface area contributed by atoms with E-state index in [9.17, 15) is 0 Å². The molecule has 5 nitrogen and oxygen atoms in total. The first-order chi connectivity index (χ1) is 11.4. The van der Waals surface area contributed by atoms with E-state index in [1.165, 1.54) is 0 Å². The molecule has 1 saturated heterocycles. The summed E-state index contributed by atoms with van der Waals surface area (Å²) in [7, 11) is 0. The first kappa shape index (κ1) is 14.7. The molecule has 23 heavy (non-hydrogen) atoms. The molecule has 1 aliphatic rings. The number of nitrogens with zero attached hydrogens (tertiary/aromatic N) is 4. The van der Waals surface area contributed by atoms with Gasteiger partial charge in [-0.1, -0.05) is 36.0 Å². The Morgan fingerprint density at radius 1 is 1.35 bits per heavy atom. The van der Waals surface area contributed by atoms with E-state index < -0.39 is 0 Å². The fraction of sp³-hybridized carbons (Fsp3) is 0.353. The highest BCUT2D eigenvalue weighted by molar-refractivity contribution is 7.99. The van der Waals surface area contributed by atoms with Crippen molar-refractivity contribution in [3.05, 3.63) is 36.9 Å². The smallest absolute Gasteiger partial charge is 0.211 e. The summed E-state index contributed by atoms with van der Waals surface area (Å²) in [5.41, 5.74) is 2.84. The molecule has 0 radical (unpaired) electrons. The standard InChI is InChI=1S/C17H18N4OS/c1-2-9-21-14-8-4-3-7-13(14)15-16(21)18-17(20-19-15)23-11-12-6-5-10-22-12/h2-4,7-8,12H,1,5-6,9-11H2. The summed E-state index contributed by atoms with van der Waals surface area (Å²) in [5, 5.41) is 10.5. The van der Waals surface area contributed by atoms with E-state index in [-0.39, 0.29) is 0 Å². The molecule has 3 aromatic rings. The monoisotopic (exact) mass is 326 g/mol. The molecule has 2 aromatic heterocycles. The van der Waals surface area contributed by atoms with Crippen LogP contribution < -0.4 is 0 Å². The number of ether oxygens (including phenoxy) is 1. The van der Waals surface area contributed by atoms with Crippen LogP contribution in [0.15, 0.2) is 42.1 Å². The summed E-state index contributed by atoms with van der Waals surface area (Å²) in [6.07, 6.45) is 4.47. The Kier molecular flexibility index (Phi) is 4.01. The fourth-order valence-electron chi connectivity index (χ4n) is 3.01. The fourth-order valence-corrected chi connectivity index (χ4v) is 3.86. The molecule has 0 amide bonds. The number of para-hydroxylation sites is 1. The van der Waals surface area contributed by atoms with Crippen molar-refractivity contribution in [2.24, 2.45) is 0 Å². The maximum absolute atomic E-state index is 5.66. The lowest BCUT2D eigenvalue weighted by Crippen LogP contribution is -2.08. The summed E-state index contributed by atoms with van der Waals surface area (Å²) in [4.78, 5) is 4.74. The minimum absolute atomic E-state index is 0.318. The van der Waals surface area contributed by atoms with Crippen LogP contribution in [-0.4, -0.2) is 38.2 Å². The summed E-state index contributed by atoms with van der Waals surface area (Å²) >= 11 is 1.62. The SMILES string of the molecule is C=CCn1c2ccccc2c2nnc(SCC3CCCO3)nc21. The lowest BCUT2D eigenvalue weighted by Gasteiger charge is -2.07. The normalized spacial score (nSPS) is 18.0. The lowest BCUT2D eigenvalue weighted by molar-refractivity contribution is 0.129. The molecule has 1 fully saturated rings. The van der Waals surface area contributed by atoms with Gasteiger partial charge in [0.25, 0.3) is 0 Å². The second-order valence-electron chi connectivity index (χ2n) is 5.63. The van der Waals surface area contributed by atoms with Crippen LogP contribution in [0.3, 0.4) is 0 Å². The molecule has 1 atom stereocenters. The van der Waals surface area contributed by atoms with E-state index in [1.807, 2.05) is 18.2 Å². The van der Waals surface area contributed by atoms with Crippen LogP contribution in [0, 0.1) is 0 Å². The van der Waals surface area contributed by atoms with Gasteiger partial charge in [0, 0.05) is 24.3 Å². The van der Waals surface area contributed by atoms with Crippen LogP contribution in [0.2, 0.25) is 0 Å². The van der Waals surface area contributed by atoms with Crippen molar-refractivity contribution in [3.63, 3.8) is 0 Å². The van der Waals surface area contributed by atoms with E-state index in [2.05, 4.69) is 33.5 Å². The Hall–Kier alpha value is -1.92. The third kappa shape index (κ3) is 2.72. The van der Waals surface area contributed by atoms with Crippen molar-refractivity contribution in [1.29, 1.82) is 0 Å². The van der Waals surface area contributed by atoms with E-state index in [1.54, 1.807) is 11.8 Å². The minimum atomic E-state index is 0.318. The van der Waals surface area contributed by atoms with Gasteiger partial charge in [0.15, 0.2) is 5.65 Å². The Morgan fingerprint density at radius 2 is 2.26 bits per heavy atom. The van der Waals surface area contributed by atoms with Crippen LogP contribution in [0.4, 0.5) is 0 Å². The maximum Gasteiger partial charge on any atom is 0.211 e. The van der Waals surface area contributed by atoms with Crippen LogP contribution in [0.25, 0.3) is 22.1 Å². The van der Waals surface area contributed by atoms with Gasteiger partial charge in [0.2, 0.25) is 5.16 Å². The Bertz CT molecular complexity index is 854. The quantitative estimate of drug-likeness (QED) is 0.531. The third-order valence-corrected chi connectivity index (χ3v) is 5.06. The number of thioether (sulfide) groups is 1. The van der Waals surface area contributed by atoms with Crippen LogP contribution in [-0.2, 0) is 11.3 Å². The number of fused-ring (bicyclic) bond motifs is 3. The Balaban J connectivity index is 1.72. The van der Waals surface area contributed by atoms with E-state index in [4.69, 9.17) is 9.72 Å². The van der Waals surface area contributed by atoms with Gasteiger partial charge >= 0.3 is 0 Å². The van der Waals surface area contributed by atoms with E-state index in [0.29, 0.717) is 17.8 Å². The minimum Gasteiger partial charge on any atom is -0.377 e. The molecule has 4 rings (SSSR count). The van der Waals surface area contributed by atoms with Gasteiger partial charge in [0.1, 0.15) is 5.52 Å². The number of rotatable bonds is 5. The van der Waals surface area contributed by atoms with Crippen LogP contribution in [0.1, 0.15) is 12.8 Å². The van der Waals surface area contributed by atoms with Crippen molar-refractivity contribution >= 4 is 33.8 Å². The number of allylic oxidation sites excluding steroid dienone is 1. The summed E-state index contributed by atoms with van der Waals surface area (Å²) in [6, 6.07) is 8.19. The van der Waals surface area contributed by atoms with Gasteiger partial charge < -0.3 is 9.30 Å². The highest BCUT2D eigenvalue weighted by Gasteiger charge is 2.18. The summed E-state index contributed by atoms with van der Waals surface area (Å²) < 4.78 is 7.80. The molecular formula is C17H18N4OS. The number of benzene rings is 1. The third-order valence-electron chi connectivity index (χ3n) is 4.09. The lowest BCUT2D eigenvalue weighted by atomic mass is 10.2. The number of hydrogen-bond acceptors (Lipinski definition) is 5. The van der Waals surface area contributed by atoms with Crippen LogP contribution >= 0.6 is 11.8 Å². The average Bonchev–Trinajstić information content (AvgIpc) is 3.21. The first-order valence-electron chi connectivity index (χ1n) is 7.84. The second kappa shape index (κ2) is 6.29. The summed E-state index contributed by atoms with van der Waals surface area (Å²) in [5.74, 6) is 0.884. The van der Waals surface area contributed by atoms with Crippen molar-refractivity contribution in [2.45, 2.75) is 30.6 Å². The van der Waals surface area contributed by atoms with Crippen molar-refractivity contribution < 1.29 is 4.74 Å². The van der Waals surface area contributed by atoms with Gasteiger partial charge in [-0.05, 0) is 18.9 Å². The molecule has 0 spiro atoms. The molecule has 3 heterocycles. The van der Waals surface area contributed by atoms with Crippen molar-refractivity contribution in [1.82, 2.24) is 19.7 Å². The molecule has 1 unspecified atom stereocenters. The largest absolute Gasteiger partial charge is 0.377 e. The Morgan fingerprint density at radius 3 is 3.09 bits per heavy atom. The molecular weight excluding hydrogens is 308 g/mol. The van der Waals surface area contributed by atoms with Gasteiger partial charge in [-0.2, -0.15) is 0 Å². The summed E-state index contributed by atoms with van der Waals surface area (Å²) in [6.45, 7) is 5.43. The zero-order valence-corrected chi connectivity index (χ0v) is 13.6.